The summed E-state index contributed by atoms with van der Waals surface area (Å²) in [7, 11) is 1.66. The summed E-state index contributed by atoms with van der Waals surface area (Å²) in [6, 6.07) is 3.57. The molecule has 0 fully saturated rings. The summed E-state index contributed by atoms with van der Waals surface area (Å²) in [5.41, 5.74) is -0.916. The van der Waals surface area contributed by atoms with Crippen molar-refractivity contribution in [2.24, 2.45) is 0 Å². The van der Waals surface area contributed by atoms with Crippen molar-refractivity contribution in [3.63, 3.8) is 0 Å². The minimum Gasteiger partial charge on any atom is -0.389 e. The van der Waals surface area contributed by atoms with Gasteiger partial charge < -0.3 is 15.3 Å². The number of carbonyl (C=O) groups excluding carboxylic acids is 2. The predicted octanol–water partition coefficient (Wildman–Crippen LogP) is 1.23. The Hall–Kier alpha value is -1.40. The van der Waals surface area contributed by atoms with Crippen LogP contribution < -0.4 is 5.32 Å². The minimum absolute atomic E-state index is 0.0968. The molecule has 1 aromatic rings. The maximum atomic E-state index is 12.1. The van der Waals surface area contributed by atoms with Crippen LogP contribution >= 0.6 is 11.3 Å². The van der Waals surface area contributed by atoms with Crippen LogP contribution in [0.15, 0.2) is 12.1 Å². The number of rotatable bonds is 5. The maximum absolute atomic E-state index is 12.1. The van der Waals surface area contributed by atoms with E-state index in [9.17, 15) is 14.7 Å². The van der Waals surface area contributed by atoms with Gasteiger partial charge in [-0.1, -0.05) is 0 Å². The Morgan fingerprint density at radius 2 is 2.05 bits per heavy atom. The summed E-state index contributed by atoms with van der Waals surface area (Å²) < 4.78 is 0. The summed E-state index contributed by atoms with van der Waals surface area (Å²) in [4.78, 5) is 25.9. The second-order valence-electron chi connectivity index (χ2n) is 5.15. The van der Waals surface area contributed by atoms with Gasteiger partial charge in [-0.15, -0.1) is 11.3 Å². The molecule has 0 aliphatic rings. The van der Waals surface area contributed by atoms with Crippen molar-refractivity contribution < 1.29 is 14.7 Å². The molecule has 106 valence electrons. The molecule has 0 aliphatic heterocycles. The van der Waals surface area contributed by atoms with Crippen LogP contribution in [0, 0.1) is 0 Å². The molecule has 0 radical (unpaired) electrons. The van der Waals surface area contributed by atoms with Crippen LogP contribution in [0.1, 0.15) is 35.3 Å². The van der Waals surface area contributed by atoms with Crippen molar-refractivity contribution in [3.05, 3.63) is 21.9 Å². The number of carbonyl (C=O) groups is 2. The first-order chi connectivity index (χ1) is 8.69. The summed E-state index contributed by atoms with van der Waals surface area (Å²) >= 11 is 1.35. The van der Waals surface area contributed by atoms with Gasteiger partial charge in [-0.25, -0.2) is 0 Å². The summed E-state index contributed by atoms with van der Waals surface area (Å²) in [6.45, 7) is 5.48. The third-order valence-electron chi connectivity index (χ3n) is 2.35. The first kappa shape index (κ1) is 15.7. The Morgan fingerprint density at radius 3 is 2.58 bits per heavy atom. The third kappa shape index (κ3) is 5.40. The normalized spacial score (nSPS) is 11.2. The molecule has 2 amide bonds. The summed E-state index contributed by atoms with van der Waals surface area (Å²) in [6.07, 6.45) is 0. The van der Waals surface area contributed by atoms with Crippen LogP contribution in [-0.2, 0) is 11.3 Å². The molecule has 1 heterocycles. The average molecular weight is 284 g/mol. The standard InChI is InChI=1S/C13H20N2O3S/c1-9(16)14-7-10-5-6-11(19-10)12(17)15(4)8-13(2,3)18/h5-6,18H,7-8H2,1-4H3,(H,14,16). The number of amides is 2. The summed E-state index contributed by atoms with van der Waals surface area (Å²) in [5, 5.41) is 12.4. The zero-order valence-corrected chi connectivity index (χ0v) is 12.5. The van der Waals surface area contributed by atoms with Crippen molar-refractivity contribution in [3.8, 4) is 0 Å². The fraction of sp³-hybridized carbons (Fsp3) is 0.538. The van der Waals surface area contributed by atoms with Crippen molar-refractivity contribution in [2.75, 3.05) is 13.6 Å². The van der Waals surface area contributed by atoms with Gasteiger partial charge in [0.05, 0.1) is 17.0 Å². The highest BCUT2D eigenvalue weighted by Crippen LogP contribution is 2.18. The molecule has 6 heteroatoms. The van der Waals surface area contributed by atoms with Gasteiger partial charge in [0.15, 0.2) is 0 Å². The van der Waals surface area contributed by atoms with Crippen molar-refractivity contribution in [2.45, 2.75) is 32.9 Å². The molecule has 1 rings (SSSR count). The number of hydrogen-bond acceptors (Lipinski definition) is 4. The summed E-state index contributed by atoms with van der Waals surface area (Å²) in [5.74, 6) is -0.221. The fourth-order valence-corrected chi connectivity index (χ4v) is 2.58. The number of hydrogen-bond donors (Lipinski definition) is 2. The van der Waals surface area contributed by atoms with E-state index in [2.05, 4.69) is 5.32 Å². The number of nitrogens with zero attached hydrogens (tertiary/aromatic N) is 1. The highest BCUT2D eigenvalue weighted by molar-refractivity contribution is 7.14. The molecule has 0 saturated carbocycles. The van der Waals surface area contributed by atoms with Crippen molar-refractivity contribution in [1.29, 1.82) is 0 Å². The third-order valence-corrected chi connectivity index (χ3v) is 3.43. The van der Waals surface area contributed by atoms with E-state index in [0.29, 0.717) is 11.4 Å². The predicted molar refractivity (Wildman–Crippen MR) is 75.1 cm³/mol. The van der Waals surface area contributed by atoms with Gasteiger partial charge in [-0.2, -0.15) is 0 Å². The lowest BCUT2D eigenvalue weighted by atomic mass is 10.1. The van der Waals surface area contributed by atoms with Gasteiger partial charge in [0.1, 0.15) is 0 Å². The molecule has 0 aromatic carbocycles. The molecule has 5 nitrogen and oxygen atoms in total. The van der Waals surface area contributed by atoms with E-state index in [1.54, 1.807) is 27.0 Å². The van der Waals surface area contributed by atoms with Gasteiger partial charge in [0.25, 0.3) is 5.91 Å². The molecular weight excluding hydrogens is 264 g/mol. The van der Waals surface area contributed by atoms with E-state index in [1.807, 2.05) is 6.07 Å². The van der Waals surface area contributed by atoms with Crippen LogP contribution in [0.2, 0.25) is 0 Å². The van der Waals surface area contributed by atoms with Gasteiger partial charge in [-0.3, -0.25) is 9.59 Å². The van der Waals surface area contributed by atoms with E-state index >= 15 is 0 Å². The molecule has 1 aromatic heterocycles. The molecule has 0 unspecified atom stereocenters. The maximum Gasteiger partial charge on any atom is 0.263 e. The van der Waals surface area contributed by atoms with Crippen molar-refractivity contribution in [1.82, 2.24) is 10.2 Å². The lowest BCUT2D eigenvalue weighted by Crippen LogP contribution is -2.39. The van der Waals surface area contributed by atoms with E-state index in [-0.39, 0.29) is 18.4 Å². The molecule has 0 aliphatic carbocycles. The van der Waals surface area contributed by atoms with Crippen LogP contribution in [0.25, 0.3) is 0 Å². The first-order valence-electron chi connectivity index (χ1n) is 6.00. The lowest BCUT2D eigenvalue weighted by molar-refractivity contribution is -0.119. The van der Waals surface area contributed by atoms with E-state index in [1.165, 1.54) is 23.2 Å². The van der Waals surface area contributed by atoms with Crippen LogP contribution in [0.3, 0.4) is 0 Å². The minimum atomic E-state index is -0.916. The van der Waals surface area contributed by atoms with Gasteiger partial charge in [-0.05, 0) is 26.0 Å². The zero-order valence-electron chi connectivity index (χ0n) is 11.7. The molecule has 0 bridgehead atoms. The Balaban J connectivity index is 2.65. The van der Waals surface area contributed by atoms with Gasteiger partial charge in [0, 0.05) is 25.4 Å². The van der Waals surface area contributed by atoms with Crippen LogP contribution in [0.5, 0.6) is 0 Å². The Labute approximate surface area is 117 Å². The second kappa shape index (κ2) is 6.16. The quantitative estimate of drug-likeness (QED) is 0.854. The Bertz CT molecular complexity index is 463. The highest BCUT2D eigenvalue weighted by Gasteiger charge is 2.21. The molecule has 2 N–H and O–H groups in total. The highest BCUT2D eigenvalue weighted by atomic mass is 32.1. The van der Waals surface area contributed by atoms with Crippen LogP contribution in [0.4, 0.5) is 0 Å². The average Bonchev–Trinajstić information content (AvgIpc) is 2.71. The number of nitrogens with one attached hydrogen (secondary N) is 1. The molecule has 0 saturated heterocycles. The van der Waals surface area contributed by atoms with Gasteiger partial charge >= 0.3 is 0 Å². The van der Waals surface area contributed by atoms with E-state index < -0.39 is 5.60 Å². The Kier molecular flexibility index (Phi) is 5.08. The van der Waals surface area contributed by atoms with E-state index in [0.717, 1.165) is 4.88 Å². The smallest absolute Gasteiger partial charge is 0.263 e. The lowest BCUT2D eigenvalue weighted by Gasteiger charge is -2.25. The second-order valence-corrected chi connectivity index (χ2v) is 6.32. The van der Waals surface area contributed by atoms with Gasteiger partial charge in [0.2, 0.25) is 5.91 Å². The van der Waals surface area contributed by atoms with Crippen molar-refractivity contribution >= 4 is 23.2 Å². The fourth-order valence-electron chi connectivity index (χ4n) is 1.64. The molecular formula is C13H20N2O3S. The SMILES string of the molecule is CC(=O)NCc1ccc(C(=O)N(C)CC(C)(C)O)s1. The number of likely N-dealkylation sites (N-methyl/N-ethyl adjacent to an activating group) is 1. The first-order valence-corrected chi connectivity index (χ1v) is 6.81. The topological polar surface area (TPSA) is 69.6 Å². The Morgan fingerprint density at radius 1 is 1.42 bits per heavy atom. The molecule has 0 atom stereocenters. The van der Waals surface area contributed by atoms with E-state index in [4.69, 9.17) is 0 Å². The zero-order chi connectivity index (χ0) is 14.6. The number of thiophene rings is 1. The monoisotopic (exact) mass is 284 g/mol. The largest absolute Gasteiger partial charge is 0.389 e. The number of aliphatic hydroxyl groups is 1. The molecule has 19 heavy (non-hydrogen) atoms. The van der Waals surface area contributed by atoms with Crippen LogP contribution in [-0.4, -0.2) is 41.0 Å². The molecule has 0 spiro atoms.